The molecule has 1 N–H and O–H groups in total. The molecule has 5 heteroatoms. The normalized spacial score (nSPS) is 21.4. The van der Waals surface area contributed by atoms with Crippen LogP contribution in [0.1, 0.15) is 47.2 Å². The van der Waals surface area contributed by atoms with Gasteiger partial charge in [-0.25, -0.2) is 9.37 Å². The molecule has 1 amide bonds. The zero-order valence-corrected chi connectivity index (χ0v) is 11.8. The first-order valence-electron chi connectivity index (χ1n) is 7.10. The molecule has 1 fully saturated rings. The molecule has 21 heavy (non-hydrogen) atoms. The molecule has 2 aromatic rings. The molecule has 1 aliphatic rings. The first-order chi connectivity index (χ1) is 10.1. The highest BCUT2D eigenvalue weighted by molar-refractivity contribution is 5.89. The van der Waals surface area contributed by atoms with Crippen molar-refractivity contribution in [3.63, 3.8) is 0 Å². The minimum atomic E-state index is -0.284. The Morgan fingerprint density at radius 2 is 2.29 bits per heavy atom. The molecule has 4 nitrogen and oxygen atoms in total. The molecule has 0 bridgehead atoms. The molecule has 2 unspecified atom stereocenters. The summed E-state index contributed by atoms with van der Waals surface area (Å²) in [5, 5.41) is 2.93. The summed E-state index contributed by atoms with van der Waals surface area (Å²) in [6.45, 7) is 1.75. The van der Waals surface area contributed by atoms with Crippen LogP contribution >= 0.6 is 0 Å². The molecular formula is C16H17FN2O2. The molecule has 2 atom stereocenters. The summed E-state index contributed by atoms with van der Waals surface area (Å²) in [5.74, 6) is 0.506. The molecule has 1 heterocycles. The number of hydrogen-bond donors (Lipinski definition) is 1. The Bertz CT molecular complexity index is 653. The fourth-order valence-electron chi connectivity index (χ4n) is 2.88. The van der Waals surface area contributed by atoms with Gasteiger partial charge in [0.1, 0.15) is 11.6 Å². The maximum Gasteiger partial charge on any atom is 0.307 e. The van der Waals surface area contributed by atoms with Gasteiger partial charge < -0.3 is 9.73 Å². The van der Waals surface area contributed by atoms with Gasteiger partial charge in [-0.05, 0) is 49.8 Å². The highest BCUT2D eigenvalue weighted by atomic mass is 19.1. The van der Waals surface area contributed by atoms with Gasteiger partial charge in [-0.3, -0.25) is 4.79 Å². The van der Waals surface area contributed by atoms with Gasteiger partial charge in [0.25, 0.3) is 5.89 Å². The first kappa shape index (κ1) is 13.8. The van der Waals surface area contributed by atoms with E-state index in [1.165, 1.54) is 12.3 Å². The summed E-state index contributed by atoms with van der Waals surface area (Å²) in [6, 6.07) is 6.77. The van der Waals surface area contributed by atoms with Crippen molar-refractivity contribution in [2.45, 2.75) is 38.1 Å². The van der Waals surface area contributed by atoms with E-state index < -0.39 is 0 Å². The van der Waals surface area contributed by atoms with E-state index in [1.807, 2.05) is 6.07 Å². The highest BCUT2D eigenvalue weighted by Gasteiger charge is 2.28. The fourth-order valence-corrected chi connectivity index (χ4v) is 2.88. The Labute approximate surface area is 122 Å². The first-order valence-corrected chi connectivity index (χ1v) is 7.10. The minimum Gasteiger partial charge on any atom is -0.438 e. The molecule has 1 saturated carbocycles. The number of aryl methyl sites for hydroxylation is 1. The third-order valence-electron chi connectivity index (χ3n) is 3.90. The second kappa shape index (κ2) is 5.68. The number of carbonyl (C=O) groups is 1. The highest BCUT2D eigenvalue weighted by Crippen LogP contribution is 2.34. The van der Waals surface area contributed by atoms with Crippen LogP contribution in [0, 0.1) is 12.7 Å². The van der Waals surface area contributed by atoms with Crippen LogP contribution < -0.4 is 5.32 Å². The Hall–Kier alpha value is -2.17. The van der Waals surface area contributed by atoms with Gasteiger partial charge in [-0.2, -0.15) is 0 Å². The van der Waals surface area contributed by atoms with E-state index in [9.17, 15) is 9.18 Å². The maximum atomic E-state index is 13.3. The zero-order valence-electron chi connectivity index (χ0n) is 11.8. The summed E-state index contributed by atoms with van der Waals surface area (Å²) in [7, 11) is 0. The number of oxazole rings is 1. The van der Waals surface area contributed by atoms with E-state index in [4.69, 9.17) is 4.42 Å². The van der Waals surface area contributed by atoms with Crippen LogP contribution in [0.15, 0.2) is 34.9 Å². The monoisotopic (exact) mass is 288 g/mol. The number of amides is 1. The topological polar surface area (TPSA) is 55.1 Å². The molecule has 0 saturated heterocycles. The Balaban J connectivity index is 1.61. The number of aromatic nitrogens is 1. The van der Waals surface area contributed by atoms with Crippen molar-refractivity contribution in [1.29, 1.82) is 0 Å². The van der Waals surface area contributed by atoms with Gasteiger partial charge in [-0.1, -0.05) is 12.1 Å². The molecular weight excluding hydrogens is 271 g/mol. The number of nitrogens with zero attached hydrogens (tertiary/aromatic N) is 1. The third kappa shape index (κ3) is 3.12. The van der Waals surface area contributed by atoms with Crippen LogP contribution in [0.2, 0.25) is 0 Å². The van der Waals surface area contributed by atoms with E-state index in [-0.39, 0.29) is 29.6 Å². The molecule has 1 aliphatic carbocycles. The second-order valence-electron chi connectivity index (χ2n) is 5.51. The summed E-state index contributed by atoms with van der Waals surface area (Å²) in [4.78, 5) is 15.9. The molecule has 0 radical (unpaired) electrons. The number of hydrogen-bond acceptors (Lipinski definition) is 3. The average Bonchev–Trinajstić information content (AvgIpc) is 3.08. The summed E-state index contributed by atoms with van der Waals surface area (Å²) >= 11 is 0. The standard InChI is InChI=1S/C16H17FN2O2/c1-10-9-18-16(21-10)15(20)19-14-6-5-12(8-14)11-3-2-4-13(17)7-11/h2-4,7,9,12,14H,5-6,8H2,1H3,(H,19,20). The minimum absolute atomic E-state index is 0.0815. The lowest BCUT2D eigenvalue weighted by Crippen LogP contribution is -2.33. The number of halogens is 1. The third-order valence-corrected chi connectivity index (χ3v) is 3.90. The van der Waals surface area contributed by atoms with Gasteiger partial charge >= 0.3 is 5.91 Å². The lowest BCUT2D eigenvalue weighted by Gasteiger charge is -2.12. The van der Waals surface area contributed by atoms with Gasteiger partial charge in [0.15, 0.2) is 0 Å². The van der Waals surface area contributed by atoms with Crippen molar-refractivity contribution >= 4 is 5.91 Å². The second-order valence-corrected chi connectivity index (χ2v) is 5.51. The summed E-state index contributed by atoms with van der Waals surface area (Å²) in [6.07, 6.45) is 4.17. The van der Waals surface area contributed by atoms with Crippen LogP contribution in [0.25, 0.3) is 0 Å². The van der Waals surface area contributed by atoms with Crippen LogP contribution in [-0.2, 0) is 0 Å². The van der Waals surface area contributed by atoms with Crippen molar-refractivity contribution in [2.24, 2.45) is 0 Å². The van der Waals surface area contributed by atoms with Crippen LogP contribution in [-0.4, -0.2) is 16.9 Å². The van der Waals surface area contributed by atoms with Crippen molar-refractivity contribution in [3.8, 4) is 0 Å². The van der Waals surface area contributed by atoms with Crippen LogP contribution in [0.5, 0.6) is 0 Å². The predicted molar refractivity (Wildman–Crippen MR) is 75.5 cm³/mol. The Kier molecular flexibility index (Phi) is 3.73. The molecule has 0 aliphatic heterocycles. The number of carbonyl (C=O) groups excluding carboxylic acids is 1. The van der Waals surface area contributed by atoms with Gasteiger partial charge in [-0.15, -0.1) is 0 Å². The van der Waals surface area contributed by atoms with Crippen molar-refractivity contribution in [2.75, 3.05) is 0 Å². The Morgan fingerprint density at radius 1 is 1.43 bits per heavy atom. The lowest BCUT2D eigenvalue weighted by atomic mass is 9.97. The maximum absolute atomic E-state index is 13.3. The molecule has 110 valence electrons. The van der Waals surface area contributed by atoms with Gasteiger partial charge in [0, 0.05) is 6.04 Å². The number of rotatable bonds is 3. The largest absolute Gasteiger partial charge is 0.438 e. The zero-order chi connectivity index (χ0) is 14.8. The van der Waals surface area contributed by atoms with E-state index >= 15 is 0 Å². The summed E-state index contributed by atoms with van der Waals surface area (Å²) in [5.41, 5.74) is 0.999. The van der Waals surface area contributed by atoms with Crippen molar-refractivity contribution in [1.82, 2.24) is 10.3 Å². The molecule has 3 rings (SSSR count). The SMILES string of the molecule is Cc1cnc(C(=O)NC2CCC(c3cccc(F)c3)C2)o1. The van der Waals surface area contributed by atoms with E-state index in [0.29, 0.717) is 5.76 Å². The van der Waals surface area contributed by atoms with Crippen LogP contribution in [0.3, 0.4) is 0 Å². The molecule has 1 aromatic carbocycles. The van der Waals surface area contributed by atoms with Gasteiger partial charge in [0.05, 0.1) is 6.20 Å². The molecule has 0 spiro atoms. The summed E-state index contributed by atoms with van der Waals surface area (Å²) < 4.78 is 18.5. The number of benzene rings is 1. The van der Waals surface area contributed by atoms with E-state index in [0.717, 1.165) is 24.8 Å². The van der Waals surface area contributed by atoms with Crippen molar-refractivity contribution in [3.05, 3.63) is 53.5 Å². The van der Waals surface area contributed by atoms with Gasteiger partial charge in [0.2, 0.25) is 0 Å². The fraction of sp³-hybridized carbons (Fsp3) is 0.375. The quantitative estimate of drug-likeness (QED) is 0.943. The van der Waals surface area contributed by atoms with E-state index in [2.05, 4.69) is 10.3 Å². The van der Waals surface area contributed by atoms with E-state index in [1.54, 1.807) is 19.1 Å². The Morgan fingerprint density at radius 3 is 3.00 bits per heavy atom. The number of nitrogens with one attached hydrogen (secondary N) is 1. The average molecular weight is 288 g/mol. The molecule has 1 aromatic heterocycles. The predicted octanol–water partition coefficient (Wildman–Crippen LogP) is 3.19. The van der Waals surface area contributed by atoms with Crippen molar-refractivity contribution < 1.29 is 13.6 Å². The van der Waals surface area contributed by atoms with Crippen LogP contribution in [0.4, 0.5) is 4.39 Å². The lowest BCUT2D eigenvalue weighted by molar-refractivity contribution is 0.0901. The smallest absolute Gasteiger partial charge is 0.307 e.